The van der Waals surface area contributed by atoms with Crippen molar-refractivity contribution in [2.75, 3.05) is 0 Å². The van der Waals surface area contributed by atoms with Crippen LogP contribution in [0, 0.1) is 12.8 Å². The fourth-order valence-electron chi connectivity index (χ4n) is 3.77. The Labute approximate surface area is 136 Å². The SMILES string of the molecule is Cc1ccc(CO[C@@H]2C[C@]3(C(C)C)O[C@@]2(C)C[C@@H]3Br)cc1. The van der Waals surface area contributed by atoms with E-state index < -0.39 is 0 Å². The number of fused-ring (bicyclic) bond motifs is 2. The molecule has 0 radical (unpaired) electrons. The van der Waals surface area contributed by atoms with Gasteiger partial charge in [0.2, 0.25) is 0 Å². The first kappa shape index (κ1) is 15.5. The van der Waals surface area contributed by atoms with Gasteiger partial charge < -0.3 is 9.47 Å². The second-order valence-electron chi connectivity index (χ2n) is 7.19. The lowest BCUT2D eigenvalue weighted by Crippen LogP contribution is -2.44. The van der Waals surface area contributed by atoms with Crippen LogP contribution in [-0.2, 0) is 16.1 Å². The highest BCUT2D eigenvalue weighted by atomic mass is 79.9. The van der Waals surface area contributed by atoms with Gasteiger partial charge >= 0.3 is 0 Å². The van der Waals surface area contributed by atoms with Crippen molar-refractivity contribution in [1.82, 2.24) is 0 Å². The summed E-state index contributed by atoms with van der Waals surface area (Å²) < 4.78 is 12.7. The van der Waals surface area contributed by atoms with Crippen molar-refractivity contribution in [1.29, 1.82) is 0 Å². The van der Waals surface area contributed by atoms with Crippen molar-refractivity contribution in [2.24, 2.45) is 5.92 Å². The monoisotopic (exact) mass is 352 g/mol. The maximum absolute atomic E-state index is 6.47. The van der Waals surface area contributed by atoms with Crippen LogP contribution in [-0.4, -0.2) is 22.1 Å². The number of hydrogen-bond donors (Lipinski definition) is 0. The smallest absolute Gasteiger partial charge is 0.0936 e. The molecule has 116 valence electrons. The van der Waals surface area contributed by atoms with Crippen LogP contribution < -0.4 is 0 Å². The molecule has 2 saturated heterocycles. The quantitative estimate of drug-likeness (QED) is 0.736. The molecule has 2 heterocycles. The topological polar surface area (TPSA) is 18.5 Å². The first-order chi connectivity index (χ1) is 9.86. The zero-order chi connectivity index (χ0) is 15.3. The third-order valence-electron chi connectivity index (χ3n) is 5.27. The van der Waals surface area contributed by atoms with Crippen LogP contribution >= 0.6 is 15.9 Å². The summed E-state index contributed by atoms with van der Waals surface area (Å²) in [7, 11) is 0. The molecule has 0 aromatic heterocycles. The summed E-state index contributed by atoms with van der Waals surface area (Å²) in [4.78, 5) is 0.439. The van der Waals surface area contributed by atoms with Gasteiger partial charge in [0.15, 0.2) is 0 Å². The Bertz CT molecular complexity index is 512. The molecule has 4 atom stereocenters. The molecule has 2 fully saturated rings. The van der Waals surface area contributed by atoms with Crippen LogP contribution in [0.3, 0.4) is 0 Å². The molecule has 0 aliphatic carbocycles. The van der Waals surface area contributed by atoms with E-state index in [4.69, 9.17) is 9.47 Å². The zero-order valence-corrected chi connectivity index (χ0v) is 14.9. The second kappa shape index (κ2) is 5.36. The van der Waals surface area contributed by atoms with Crippen LogP contribution in [0.1, 0.15) is 44.7 Å². The van der Waals surface area contributed by atoms with Crippen molar-refractivity contribution in [3.05, 3.63) is 35.4 Å². The molecule has 2 aliphatic heterocycles. The molecule has 21 heavy (non-hydrogen) atoms. The van der Waals surface area contributed by atoms with E-state index in [1.807, 2.05) is 0 Å². The van der Waals surface area contributed by atoms with E-state index in [0.29, 0.717) is 17.4 Å². The van der Waals surface area contributed by atoms with Gasteiger partial charge in [-0.2, -0.15) is 0 Å². The minimum atomic E-state index is -0.150. The van der Waals surface area contributed by atoms with Crippen molar-refractivity contribution >= 4 is 15.9 Å². The van der Waals surface area contributed by atoms with Gasteiger partial charge in [-0.3, -0.25) is 0 Å². The highest BCUT2D eigenvalue weighted by Crippen LogP contribution is 2.57. The largest absolute Gasteiger partial charge is 0.370 e. The predicted octanol–water partition coefficient (Wildman–Crippen LogP) is 4.62. The van der Waals surface area contributed by atoms with Crippen LogP contribution in [0.5, 0.6) is 0 Å². The first-order valence-electron chi connectivity index (χ1n) is 7.87. The van der Waals surface area contributed by atoms with E-state index in [-0.39, 0.29) is 17.3 Å². The summed E-state index contributed by atoms with van der Waals surface area (Å²) in [6, 6.07) is 8.58. The fourth-order valence-corrected chi connectivity index (χ4v) is 5.22. The highest BCUT2D eigenvalue weighted by Gasteiger charge is 2.65. The number of alkyl halides is 1. The molecule has 0 unspecified atom stereocenters. The Balaban J connectivity index is 1.69. The molecule has 0 N–H and O–H groups in total. The molecule has 1 aromatic carbocycles. The maximum atomic E-state index is 6.47. The van der Waals surface area contributed by atoms with Gasteiger partial charge in [0.25, 0.3) is 0 Å². The lowest BCUT2D eigenvalue weighted by Gasteiger charge is -2.35. The Morgan fingerprint density at radius 1 is 1.29 bits per heavy atom. The summed E-state index contributed by atoms with van der Waals surface area (Å²) in [6.45, 7) is 9.49. The second-order valence-corrected chi connectivity index (χ2v) is 8.29. The van der Waals surface area contributed by atoms with E-state index in [0.717, 1.165) is 12.8 Å². The molecule has 0 saturated carbocycles. The maximum Gasteiger partial charge on any atom is 0.0936 e. The van der Waals surface area contributed by atoms with E-state index in [1.54, 1.807) is 0 Å². The van der Waals surface area contributed by atoms with Crippen molar-refractivity contribution in [3.63, 3.8) is 0 Å². The number of rotatable bonds is 4. The molecule has 2 aliphatic rings. The molecule has 0 spiro atoms. The van der Waals surface area contributed by atoms with Gasteiger partial charge in [-0.1, -0.05) is 59.6 Å². The molecule has 2 nitrogen and oxygen atoms in total. The highest BCUT2D eigenvalue weighted by molar-refractivity contribution is 9.09. The van der Waals surface area contributed by atoms with Crippen LogP contribution in [0.15, 0.2) is 24.3 Å². The van der Waals surface area contributed by atoms with Crippen molar-refractivity contribution < 1.29 is 9.47 Å². The van der Waals surface area contributed by atoms with Gasteiger partial charge in [-0.25, -0.2) is 0 Å². The third-order valence-corrected chi connectivity index (χ3v) is 6.37. The Morgan fingerprint density at radius 2 is 1.95 bits per heavy atom. The number of aryl methyl sites for hydroxylation is 1. The Hall–Kier alpha value is -0.380. The van der Waals surface area contributed by atoms with Crippen LogP contribution in [0.4, 0.5) is 0 Å². The molecule has 3 rings (SSSR count). The summed E-state index contributed by atoms with van der Waals surface area (Å²) in [5, 5.41) is 0. The molecule has 0 amide bonds. The predicted molar refractivity (Wildman–Crippen MR) is 88.8 cm³/mol. The first-order valence-corrected chi connectivity index (χ1v) is 8.79. The van der Waals surface area contributed by atoms with Gasteiger partial charge in [0.05, 0.1) is 23.9 Å². The average Bonchev–Trinajstić information content (AvgIpc) is 2.86. The number of ether oxygens (including phenoxy) is 2. The summed E-state index contributed by atoms with van der Waals surface area (Å²) in [5.41, 5.74) is 2.31. The molecular formula is C18H25BrO2. The summed E-state index contributed by atoms with van der Waals surface area (Å²) in [5.74, 6) is 0.497. The molecule has 1 aromatic rings. The average molecular weight is 353 g/mol. The minimum Gasteiger partial charge on any atom is -0.370 e. The van der Waals surface area contributed by atoms with Gasteiger partial charge in [0.1, 0.15) is 0 Å². The lowest BCUT2D eigenvalue weighted by atomic mass is 9.75. The number of halogens is 1. The van der Waals surface area contributed by atoms with Gasteiger partial charge in [-0.15, -0.1) is 0 Å². The van der Waals surface area contributed by atoms with E-state index in [2.05, 4.69) is 67.9 Å². The van der Waals surface area contributed by atoms with E-state index in [9.17, 15) is 0 Å². The molecule has 2 bridgehead atoms. The normalized spacial score (nSPS) is 38.4. The Kier molecular flexibility index (Phi) is 3.96. The van der Waals surface area contributed by atoms with Gasteiger partial charge in [0, 0.05) is 11.2 Å². The summed E-state index contributed by atoms with van der Waals surface area (Å²) >= 11 is 3.84. The molecule has 3 heteroatoms. The van der Waals surface area contributed by atoms with Crippen LogP contribution in [0.2, 0.25) is 0 Å². The Morgan fingerprint density at radius 3 is 2.52 bits per heavy atom. The molecular weight excluding hydrogens is 328 g/mol. The van der Waals surface area contributed by atoms with E-state index in [1.165, 1.54) is 11.1 Å². The third kappa shape index (κ3) is 2.58. The van der Waals surface area contributed by atoms with Crippen molar-refractivity contribution in [3.8, 4) is 0 Å². The lowest BCUT2D eigenvalue weighted by molar-refractivity contribution is -0.0955. The van der Waals surface area contributed by atoms with Gasteiger partial charge in [-0.05, 0) is 31.7 Å². The fraction of sp³-hybridized carbons (Fsp3) is 0.667. The van der Waals surface area contributed by atoms with E-state index >= 15 is 0 Å². The van der Waals surface area contributed by atoms with Crippen molar-refractivity contribution in [2.45, 2.75) is 69.3 Å². The zero-order valence-electron chi connectivity index (χ0n) is 13.4. The minimum absolute atomic E-state index is 0.0628. The number of hydrogen-bond acceptors (Lipinski definition) is 2. The number of benzene rings is 1. The summed E-state index contributed by atoms with van der Waals surface area (Å²) in [6.07, 6.45) is 2.21. The van der Waals surface area contributed by atoms with Crippen LogP contribution in [0.25, 0.3) is 0 Å². The standard InChI is InChI=1S/C18H25BrO2/c1-12(2)18-10-16(17(4,21-18)9-15(18)19)20-11-14-7-5-13(3)6-8-14/h5-8,12,15-16H,9-11H2,1-4H3/t15-,16+,17-,18+/m0/s1.